The lowest BCUT2D eigenvalue weighted by Crippen LogP contribution is -2.13. The molecule has 23 heavy (non-hydrogen) atoms. The number of aromatic nitrogens is 2. The molecule has 116 valence electrons. The molecule has 0 saturated heterocycles. The van der Waals surface area contributed by atoms with Gasteiger partial charge < -0.3 is 15.0 Å². The quantitative estimate of drug-likeness (QED) is 0.788. The van der Waals surface area contributed by atoms with Gasteiger partial charge in [0.2, 0.25) is 0 Å². The monoisotopic (exact) mass is 307 g/mol. The second-order valence-corrected chi connectivity index (χ2v) is 5.27. The summed E-state index contributed by atoms with van der Waals surface area (Å²) in [4.78, 5) is 16.0. The number of hydrogen-bond donors (Lipinski definition) is 1. The molecule has 0 atom stereocenters. The van der Waals surface area contributed by atoms with Gasteiger partial charge in [0.25, 0.3) is 5.91 Å². The molecule has 1 aromatic heterocycles. The first-order valence-electron chi connectivity index (χ1n) is 7.22. The summed E-state index contributed by atoms with van der Waals surface area (Å²) >= 11 is 0. The molecule has 0 radical (unpaired) electrons. The molecule has 0 saturated carbocycles. The normalized spacial score (nSPS) is 10.5. The standard InChI is InChI=1S/C18H17N3O2/c1-21-10-16(20-12-21)14-7-8-17(15(9-14)18(19)22)23-11-13-5-3-2-4-6-13/h2-10,12H,11H2,1H3,(H2,19,22). The number of ether oxygens (including phenoxy) is 1. The molecule has 0 fully saturated rings. The smallest absolute Gasteiger partial charge is 0.252 e. The maximum absolute atomic E-state index is 11.7. The minimum Gasteiger partial charge on any atom is -0.488 e. The molecule has 0 aliphatic rings. The van der Waals surface area contributed by atoms with Crippen LogP contribution in [0.1, 0.15) is 15.9 Å². The summed E-state index contributed by atoms with van der Waals surface area (Å²) in [6, 6.07) is 15.1. The predicted molar refractivity (Wildman–Crippen MR) is 87.9 cm³/mol. The van der Waals surface area contributed by atoms with Crippen LogP contribution in [0.2, 0.25) is 0 Å². The van der Waals surface area contributed by atoms with Gasteiger partial charge in [-0.15, -0.1) is 0 Å². The van der Waals surface area contributed by atoms with Crippen molar-refractivity contribution in [2.45, 2.75) is 6.61 Å². The Kier molecular flexibility index (Phi) is 4.10. The van der Waals surface area contributed by atoms with Gasteiger partial charge in [-0.25, -0.2) is 4.98 Å². The van der Waals surface area contributed by atoms with Crippen LogP contribution in [-0.2, 0) is 13.7 Å². The molecular formula is C18H17N3O2. The highest BCUT2D eigenvalue weighted by molar-refractivity contribution is 5.96. The van der Waals surface area contributed by atoms with Crippen molar-refractivity contribution in [1.82, 2.24) is 9.55 Å². The van der Waals surface area contributed by atoms with Gasteiger partial charge in [0.15, 0.2) is 0 Å². The summed E-state index contributed by atoms with van der Waals surface area (Å²) in [6.07, 6.45) is 3.59. The molecule has 3 rings (SSSR count). The Hall–Kier alpha value is -3.08. The van der Waals surface area contributed by atoms with Crippen molar-refractivity contribution in [3.8, 4) is 17.0 Å². The number of imidazole rings is 1. The molecule has 2 aromatic carbocycles. The highest BCUT2D eigenvalue weighted by Crippen LogP contribution is 2.26. The zero-order valence-electron chi connectivity index (χ0n) is 12.8. The van der Waals surface area contributed by atoms with E-state index < -0.39 is 5.91 Å². The lowest BCUT2D eigenvalue weighted by atomic mass is 10.1. The van der Waals surface area contributed by atoms with Crippen molar-refractivity contribution in [3.63, 3.8) is 0 Å². The SMILES string of the molecule is Cn1cnc(-c2ccc(OCc3ccccc3)c(C(N)=O)c2)c1. The number of carbonyl (C=O) groups excluding carboxylic acids is 1. The van der Waals surface area contributed by atoms with Gasteiger partial charge in [-0.05, 0) is 23.8 Å². The summed E-state index contributed by atoms with van der Waals surface area (Å²) in [5.74, 6) is -0.0492. The summed E-state index contributed by atoms with van der Waals surface area (Å²) < 4.78 is 7.60. The molecule has 5 heteroatoms. The number of hydrogen-bond acceptors (Lipinski definition) is 3. The van der Waals surface area contributed by atoms with Gasteiger partial charge in [-0.2, -0.15) is 0 Å². The first-order chi connectivity index (χ1) is 11.1. The second kappa shape index (κ2) is 6.36. The lowest BCUT2D eigenvalue weighted by Gasteiger charge is -2.11. The van der Waals surface area contributed by atoms with Gasteiger partial charge in [-0.1, -0.05) is 30.3 Å². The van der Waals surface area contributed by atoms with Gasteiger partial charge in [0.1, 0.15) is 12.4 Å². The third-order valence-corrected chi connectivity index (χ3v) is 3.48. The van der Waals surface area contributed by atoms with E-state index in [1.165, 1.54) is 0 Å². The van der Waals surface area contributed by atoms with E-state index in [0.717, 1.165) is 16.8 Å². The largest absolute Gasteiger partial charge is 0.488 e. The minimum absolute atomic E-state index is 0.351. The van der Waals surface area contributed by atoms with E-state index in [1.807, 2.05) is 54.2 Å². The van der Waals surface area contributed by atoms with E-state index in [-0.39, 0.29) is 0 Å². The molecular weight excluding hydrogens is 290 g/mol. The third kappa shape index (κ3) is 3.40. The van der Waals surface area contributed by atoms with Crippen LogP contribution in [0.15, 0.2) is 61.1 Å². The summed E-state index contributed by atoms with van der Waals surface area (Å²) in [7, 11) is 1.89. The van der Waals surface area contributed by atoms with Crippen molar-refractivity contribution in [2.75, 3.05) is 0 Å². The first-order valence-corrected chi connectivity index (χ1v) is 7.22. The molecule has 5 nitrogen and oxygen atoms in total. The minimum atomic E-state index is -0.522. The number of primary amides is 1. The molecule has 3 aromatic rings. The maximum Gasteiger partial charge on any atom is 0.252 e. The van der Waals surface area contributed by atoms with Crippen molar-refractivity contribution >= 4 is 5.91 Å². The van der Waals surface area contributed by atoms with Gasteiger partial charge in [0, 0.05) is 18.8 Å². The molecule has 0 bridgehead atoms. The zero-order chi connectivity index (χ0) is 16.2. The Morgan fingerprint density at radius 3 is 2.65 bits per heavy atom. The van der Waals surface area contributed by atoms with Crippen LogP contribution in [-0.4, -0.2) is 15.5 Å². The lowest BCUT2D eigenvalue weighted by molar-refractivity contribution is 0.0996. The Labute approximate surface area is 134 Å². The van der Waals surface area contributed by atoms with E-state index in [9.17, 15) is 4.79 Å². The number of carbonyl (C=O) groups is 1. The van der Waals surface area contributed by atoms with Crippen LogP contribution < -0.4 is 10.5 Å². The molecule has 0 unspecified atom stereocenters. The van der Waals surface area contributed by atoms with E-state index >= 15 is 0 Å². The molecule has 0 aliphatic heterocycles. The fourth-order valence-corrected chi connectivity index (χ4v) is 2.30. The maximum atomic E-state index is 11.7. The Bertz CT molecular complexity index is 825. The van der Waals surface area contributed by atoms with Crippen molar-refractivity contribution in [1.29, 1.82) is 0 Å². The fraction of sp³-hybridized carbons (Fsp3) is 0.111. The Morgan fingerprint density at radius 1 is 1.22 bits per heavy atom. The van der Waals surface area contributed by atoms with E-state index in [1.54, 1.807) is 18.5 Å². The van der Waals surface area contributed by atoms with Crippen LogP contribution in [0.3, 0.4) is 0 Å². The van der Waals surface area contributed by atoms with Crippen LogP contribution >= 0.6 is 0 Å². The van der Waals surface area contributed by atoms with Gasteiger partial charge >= 0.3 is 0 Å². The van der Waals surface area contributed by atoms with Crippen molar-refractivity contribution < 1.29 is 9.53 Å². The predicted octanol–water partition coefficient (Wildman–Crippen LogP) is 2.77. The number of benzene rings is 2. The van der Waals surface area contributed by atoms with E-state index in [0.29, 0.717) is 17.9 Å². The van der Waals surface area contributed by atoms with E-state index in [2.05, 4.69) is 4.98 Å². The summed E-state index contributed by atoms with van der Waals surface area (Å²) in [5, 5.41) is 0. The highest BCUT2D eigenvalue weighted by Gasteiger charge is 2.12. The van der Waals surface area contributed by atoms with Crippen molar-refractivity contribution in [3.05, 3.63) is 72.2 Å². The molecule has 1 amide bonds. The first kappa shape index (κ1) is 14.8. The average Bonchev–Trinajstić information content (AvgIpc) is 3.00. The second-order valence-electron chi connectivity index (χ2n) is 5.27. The molecule has 2 N–H and O–H groups in total. The molecule has 0 aliphatic carbocycles. The fourth-order valence-electron chi connectivity index (χ4n) is 2.30. The summed E-state index contributed by atoms with van der Waals surface area (Å²) in [5.41, 5.74) is 8.47. The average molecular weight is 307 g/mol. The van der Waals surface area contributed by atoms with Crippen LogP contribution in [0.4, 0.5) is 0 Å². The number of nitrogens with two attached hydrogens (primary N) is 1. The van der Waals surface area contributed by atoms with Crippen LogP contribution in [0.5, 0.6) is 5.75 Å². The number of rotatable bonds is 5. The molecule has 1 heterocycles. The third-order valence-electron chi connectivity index (χ3n) is 3.48. The van der Waals surface area contributed by atoms with Crippen LogP contribution in [0.25, 0.3) is 11.3 Å². The van der Waals surface area contributed by atoms with Gasteiger partial charge in [-0.3, -0.25) is 4.79 Å². The topological polar surface area (TPSA) is 70.1 Å². The van der Waals surface area contributed by atoms with E-state index in [4.69, 9.17) is 10.5 Å². The summed E-state index contributed by atoms with van der Waals surface area (Å²) in [6.45, 7) is 0.379. The Balaban J connectivity index is 1.87. The van der Waals surface area contributed by atoms with Crippen LogP contribution in [0, 0.1) is 0 Å². The van der Waals surface area contributed by atoms with Crippen molar-refractivity contribution in [2.24, 2.45) is 12.8 Å². The van der Waals surface area contributed by atoms with Gasteiger partial charge in [0.05, 0.1) is 17.6 Å². The number of amides is 1. The Morgan fingerprint density at radius 2 is 2.00 bits per heavy atom. The number of nitrogens with zero attached hydrogens (tertiary/aromatic N) is 2. The number of aryl methyl sites for hydroxylation is 1. The molecule has 0 spiro atoms. The zero-order valence-corrected chi connectivity index (χ0v) is 12.8. The highest BCUT2D eigenvalue weighted by atomic mass is 16.5.